The number of carbonyl (C=O) groups excluding carboxylic acids is 2. The first-order chi connectivity index (χ1) is 10.0. The van der Waals surface area contributed by atoms with E-state index < -0.39 is 5.97 Å². The molecule has 1 heterocycles. The molecule has 6 heteroatoms. The number of carboxylic acids is 1. The quantitative estimate of drug-likeness (QED) is 0.601. The summed E-state index contributed by atoms with van der Waals surface area (Å²) in [6.45, 7) is 0.256. The second-order valence-corrected chi connectivity index (χ2v) is 4.62. The van der Waals surface area contributed by atoms with Crippen molar-refractivity contribution in [3.8, 4) is 12.3 Å². The monoisotopic (exact) mass is 286 g/mol. The van der Waals surface area contributed by atoms with Crippen LogP contribution in [0.4, 0.5) is 0 Å². The van der Waals surface area contributed by atoms with Gasteiger partial charge in [-0.2, -0.15) is 0 Å². The van der Waals surface area contributed by atoms with Crippen LogP contribution in [0.2, 0.25) is 0 Å². The van der Waals surface area contributed by atoms with Gasteiger partial charge in [0.05, 0.1) is 24.2 Å². The Bertz CT molecular complexity index is 598. The average Bonchev–Trinajstić information content (AvgIpc) is 2.69. The number of terminal acetylenes is 1. The maximum absolute atomic E-state index is 12.1. The van der Waals surface area contributed by atoms with Gasteiger partial charge in [-0.25, -0.2) is 0 Å². The van der Waals surface area contributed by atoms with Gasteiger partial charge in [-0.3, -0.25) is 24.2 Å². The molecule has 1 N–H and O–H groups in total. The number of carbonyl (C=O) groups is 3. The number of fused-ring (bicyclic) bond motifs is 1. The minimum Gasteiger partial charge on any atom is -0.480 e. The minimum absolute atomic E-state index is 0.112. The van der Waals surface area contributed by atoms with E-state index in [2.05, 4.69) is 5.92 Å². The summed E-state index contributed by atoms with van der Waals surface area (Å²) >= 11 is 0. The zero-order chi connectivity index (χ0) is 15.4. The van der Waals surface area contributed by atoms with Crippen LogP contribution >= 0.6 is 0 Å². The Morgan fingerprint density at radius 1 is 1.24 bits per heavy atom. The van der Waals surface area contributed by atoms with Crippen molar-refractivity contribution in [2.75, 3.05) is 26.2 Å². The number of carboxylic acid groups (broad SMARTS) is 1. The Kier molecular flexibility index (Phi) is 4.36. The summed E-state index contributed by atoms with van der Waals surface area (Å²) in [7, 11) is 0. The van der Waals surface area contributed by atoms with Gasteiger partial charge in [0.25, 0.3) is 11.8 Å². The Morgan fingerprint density at radius 3 is 2.29 bits per heavy atom. The standard InChI is InChI=1S/C15H14N2O4/c1-2-7-16(10-13(18)19)8-9-17-14(20)11-5-3-4-6-12(11)15(17)21/h1,3-6H,7-10H2,(H,18,19). The number of benzene rings is 1. The number of amides is 2. The number of hydrogen-bond donors (Lipinski definition) is 1. The normalized spacial score (nSPS) is 13.4. The molecule has 0 fully saturated rings. The lowest BCUT2D eigenvalue weighted by Crippen LogP contribution is -2.40. The first-order valence-corrected chi connectivity index (χ1v) is 6.37. The molecule has 0 bridgehead atoms. The molecule has 0 saturated carbocycles. The van der Waals surface area contributed by atoms with Crippen LogP contribution in [0.5, 0.6) is 0 Å². The summed E-state index contributed by atoms with van der Waals surface area (Å²) in [4.78, 5) is 37.6. The Hall–Kier alpha value is -2.65. The molecule has 0 spiro atoms. The summed E-state index contributed by atoms with van der Waals surface area (Å²) in [5.74, 6) is 0.645. The minimum atomic E-state index is -1.01. The van der Waals surface area contributed by atoms with Gasteiger partial charge in [0.1, 0.15) is 0 Å². The molecule has 2 rings (SSSR count). The number of rotatable bonds is 6. The van der Waals surface area contributed by atoms with E-state index in [4.69, 9.17) is 11.5 Å². The van der Waals surface area contributed by atoms with Crippen LogP contribution in [0.1, 0.15) is 20.7 Å². The van der Waals surface area contributed by atoms with Crippen molar-refractivity contribution >= 4 is 17.8 Å². The van der Waals surface area contributed by atoms with E-state index in [0.29, 0.717) is 11.1 Å². The molecule has 0 radical (unpaired) electrons. The first-order valence-electron chi connectivity index (χ1n) is 6.37. The largest absolute Gasteiger partial charge is 0.480 e. The van der Waals surface area contributed by atoms with Gasteiger partial charge in [0, 0.05) is 13.1 Å². The second kappa shape index (κ2) is 6.20. The molecule has 1 aliphatic rings. The van der Waals surface area contributed by atoms with Gasteiger partial charge in [-0.1, -0.05) is 18.1 Å². The highest BCUT2D eigenvalue weighted by molar-refractivity contribution is 6.21. The van der Waals surface area contributed by atoms with Gasteiger partial charge >= 0.3 is 5.97 Å². The topological polar surface area (TPSA) is 77.9 Å². The number of hydrogen-bond acceptors (Lipinski definition) is 4. The van der Waals surface area contributed by atoms with E-state index in [1.807, 2.05) is 0 Å². The summed E-state index contributed by atoms with van der Waals surface area (Å²) in [6, 6.07) is 6.60. The van der Waals surface area contributed by atoms with Crippen molar-refractivity contribution in [3.63, 3.8) is 0 Å². The van der Waals surface area contributed by atoms with Crippen molar-refractivity contribution in [3.05, 3.63) is 35.4 Å². The van der Waals surface area contributed by atoms with Gasteiger partial charge in [-0.15, -0.1) is 6.42 Å². The summed E-state index contributed by atoms with van der Waals surface area (Å²) in [5.41, 5.74) is 0.758. The lowest BCUT2D eigenvalue weighted by molar-refractivity contribution is -0.138. The molecule has 0 saturated heterocycles. The van der Waals surface area contributed by atoms with Crippen molar-refractivity contribution in [1.82, 2.24) is 9.80 Å². The van der Waals surface area contributed by atoms with Crippen LogP contribution in [-0.4, -0.2) is 58.9 Å². The SMILES string of the molecule is C#CCN(CCN1C(=O)c2ccccc2C1=O)CC(=O)O. The third kappa shape index (κ3) is 3.09. The highest BCUT2D eigenvalue weighted by Crippen LogP contribution is 2.21. The van der Waals surface area contributed by atoms with E-state index in [-0.39, 0.29) is 38.0 Å². The van der Waals surface area contributed by atoms with Crippen molar-refractivity contribution < 1.29 is 19.5 Å². The Morgan fingerprint density at radius 2 is 1.81 bits per heavy atom. The molecule has 0 aromatic heterocycles. The third-order valence-corrected chi connectivity index (χ3v) is 3.19. The number of aliphatic carboxylic acids is 1. The van der Waals surface area contributed by atoms with Gasteiger partial charge < -0.3 is 5.11 Å². The maximum atomic E-state index is 12.1. The maximum Gasteiger partial charge on any atom is 0.317 e. The zero-order valence-electron chi connectivity index (χ0n) is 11.3. The van der Waals surface area contributed by atoms with Gasteiger partial charge in [0.2, 0.25) is 0 Å². The van der Waals surface area contributed by atoms with Crippen molar-refractivity contribution in [2.45, 2.75) is 0 Å². The third-order valence-electron chi connectivity index (χ3n) is 3.19. The van der Waals surface area contributed by atoms with Crippen LogP contribution in [0.25, 0.3) is 0 Å². The van der Waals surface area contributed by atoms with Gasteiger partial charge in [0.15, 0.2) is 0 Å². The van der Waals surface area contributed by atoms with Crippen LogP contribution in [-0.2, 0) is 4.79 Å². The first kappa shape index (κ1) is 14.8. The van der Waals surface area contributed by atoms with E-state index >= 15 is 0 Å². The van der Waals surface area contributed by atoms with Gasteiger partial charge in [-0.05, 0) is 12.1 Å². The molecule has 6 nitrogen and oxygen atoms in total. The predicted molar refractivity (Wildman–Crippen MR) is 74.7 cm³/mol. The molecule has 0 unspecified atom stereocenters. The fourth-order valence-electron chi connectivity index (χ4n) is 2.22. The molecule has 0 aliphatic carbocycles. The van der Waals surface area contributed by atoms with E-state index in [1.54, 1.807) is 24.3 Å². The van der Waals surface area contributed by atoms with E-state index in [9.17, 15) is 14.4 Å². The molecule has 1 aromatic carbocycles. The van der Waals surface area contributed by atoms with Crippen LogP contribution in [0.15, 0.2) is 24.3 Å². The number of imide groups is 1. The Balaban J connectivity index is 2.04. The molecule has 21 heavy (non-hydrogen) atoms. The smallest absolute Gasteiger partial charge is 0.317 e. The lowest BCUT2D eigenvalue weighted by Gasteiger charge is -2.21. The molecular weight excluding hydrogens is 272 g/mol. The van der Waals surface area contributed by atoms with Crippen LogP contribution in [0.3, 0.4) is 0 Å². The zero-order valence-corrected chi connectivity index (χ0v) is 11.3. The van der Waals surface area contributed by atoms with Crippen molar-refractivity contribution in [2.24, 2.45) is 0 Å². The fraction of sp³-hybridized carbons (Fsp3) is 0.267. The lowest BCUT2D eigenvalue weighted by atomic mass is 10.1. The highest BCUT2D eigenvalue weighted by Gasteiger charge is 2.34. The molecule has 1 aromatic rings. The van der Waals surface area contributed by atoms with Crippen LogP contribution < -0.4 is 0 Å². The van der Waals surface area contributed by atoms with Crippen molar-refractivity contribution in [1.29, 1.82) is 0 Å². The molecule has 0 atom stereocenters. The number of nitrogens with zero attached hydrogens (tertiary/aromatic N) is 2. The van der Waals surface area contributed by atoms with E-state index in [1.165, 1.54) is 4.90 Å². The van der Waals surface area contributed by atoms with Crippen LogP contribution in [0, 0.1) is 12.3 Å². The second-order valence-electron chi connectivity index (χ2n) is 4.62. The molecule has 2 amide bonds. The fourth-order valence-corrected chi connectivity index (χ4v) is 2.22. The summed E-state index contributed by atoms with van der Waals surface area (Å²) in [6.07, 6.45) is 5.18. The molecular formula is C15H14N2O4. The average molecular weight is 286 g/mol. The Labute approximate surface area is 122 Å². The summed E-state index contributed by atoms with van der Waals surface area (Å²) < 4.78 is 0. The van der Waals surface area contributed by atoms with E-state index in [0.717, 1.165) is 4.90 Å². The molecule has 108 valence electrons. The highest BCUT2D eigenvalue weighted by atomic mass is 16.4. The predicted octanol–water partition coefficient (Wildman–Crippen LogP) is 0.302. The molecule has 1 aliphatic heterocycles. The summed E-state index contributed by atoms with van der Waals surface area (Å²) in [5, 5.41) is 8.79.